The van der Waals surface area contributed by atoms with Gasteiger partial charge in [-0.1, -0.05) is 0 Å². The highest BCUT2D eigenvalue weighted by Gasteiger charge is 2.34. The normalized spacial score (nSPS) is 20.7. The van der Waals surface area contributed by atoms with Crippen molar-refractivity contribution in [3.8, 4) is 5.75 Å². The van der Waals surface area contributed by atoms with Crippen LogP contribution in [0.15, 0.2) is 17.0 Å². The predicted octanol–water partition coefficient (Wildman–Crippen LogP) is 1.68. The molecular formula is C13H19NO4S. The highest BCUT2D eigenvalue weighted by molar-refractivity contribution is 7.89. The molecule has 1 fully saturated rings. The standard InChI is InChI=1S/C13H19NO4S/c1-9-8-13(10(2)7-12(9)17-4)19(15,16)14-5-6-18-11(14)3/h7-8,11H,5-6H2,1-4H3. The van der Waals surface area contributed by atoms with Gasteiger partial charge in [0.1, 0.15) is 12.0 Å². The first kappa shape index (κ1) is 14.3. The maximum atomic E-state index is 12.6. The smallest absolute Gasteiger partial charge is 0.245 e. The molecule has 1 aliphatic rings. The fraction of sp³-hybridized carbons (Fsp3) is 0.538. The maximum absolute atomic E-state index is 12.6. The lowest BCUT2D eigenvalue weighted by molar-refractivity contribution is 0.0846. The van der Waals surface area contributed by atoms with Crippen LogP contribution in [-0.2, 0) is 14.8 Å². The summed E-state index contributed by atoms with van der Waals surface area (Å²) in [6.07, 6.45) is -0.410. The number of ether oxygens (including phenoxy) is 2. The predicted molar refractivity (Wildman–Crippen MR) is 71.8 cm³/mol. The highest BCUT2D eigenvalue weighted by atomic mass is 32.2. The minimum atomic E-state index is -3.51. The lowest BCUT2D eigenvalue weighted by atomic mass is 10.1. The molecule has 106 valence electrons. The van der Waals surface area contributed by atoms with E-state index in [1.807, 2.05) is 6.92 Å². The number of aryl methyl sites for hydroxylation is 2. The third-order valence-corrected chi connectivity index (χ3v) is 5.45. The van der Waals surface area contributed by atoms with Crippen LogP contribution in [0.25, 0.3) is 0 Å². The molecule has 1 heterocycles. The van der Waals surface area contributed by atoms with Crippen molar-refractivity contribution in [3.63, 3.8) is 0 Å². The molecule has 1 saturated heterocycles. The Labute approximate surface area is 114 Å². The van der Waals surface area contributed by atoms with E-state index in [9.17, 15) is 8.42 Å². The monoisotopic (exact) mass is 285 g/mol. The Hall–Kier alpha value is -1.11. The molecule has 0 radical (unpaired) electrons. The van der Waals surface area contributed by atoms with Crippen LogP contribution in [0.5, 0.6) is 5.75 Å². The first-order valence-electron chi connectivity index (χ1n) is 6.16. The summed E-state index contributed by atoms with van der Waals surface area (Å²) in [7, 11) is -1.94. The summed E-state index contributed by atoms with van der Waals surface area (Å²) in [5, 5.41) is 0. The molecule has 0 saturated carbocycles. The van der Waals surface area contributed by atoms with Gasteiger partial charge in [-0.25, -0.2) is 8.42 Å². The van der Waals surface area contributed by atoms with Gasteiger partial charge in [-0.15, -0.1) is 0 Å². The van der Waals surface area contributed by atoms with Gasteiger partial charge in [0.25, 0.3) is 0 Å². The molecule has 1 aliphatic heterocycles. The summed E-state index contributed by atoms with van der Waals surface area (Å²) in [4.78, 5) is 0.322. The average molecular weight is 285 g/mol. The highest BCUT2D eigenvalue weighted by Crippen LogP contribution is 2.29. The van der Waals surface area contributed by atoms with Crippen LogP contribution >= 0.6 is 0 Å². The Kier molecular flexibility index (Phi) is 3.85. The molecular weight excluding hydrogens is 266 g/mol. The fourth-order valence-electron chi connectivity index (χ4n) is 2.28. The Morgan fingerprint density at radius 3 is 2.53 bits per heavy atom. The molecule has 0 spiro atoms. The number of hydrogen-bond donors (Lipinski definition) is 0. The third-order valence-electron chi connectivity index (χ3n) is 3.36. The van der Waals surface area contributed by atoms with Gasteiger partial charge in [-0.05, 0) is 44.0 Å². The van der Waals surface area contributed by atoms with Crippen molar-refractivity contribution in [2.75, 3.05) is 20.3 Å². The first-order valence-corrected chi connectivity index (χ1v) is 7.60. The van der Waals surface area contributed by atoms with E-state index in [1.54, 1.807) is 33.1 Å². The van der Waals surface area contributed by atoms with Crippen LogP contribution in [0.4, 0.5) is 0 Å². The molecule has 2 rings (SSSR count). The van der Waals surface area contributed by atoms with Crippen LogP contribution in [0.2, 0.25) is 0 Å². The van der Waals surface area contributed by atoms with Crippen LogP contribution in [-0.4, -0.2) is 39.2 Å². The van der Waals surface area contributed by atoms with E-state index in [-0.39, 0.29) is 0 Å². The summed E-state index contributed by atoms with van der Waals surface area (Å²) >= 11 is 0. The van der Waals surface area contributed by atoms with Crippen LogP contribution in [0, 0.1) is 13.8 Å². The third kappa shape index (κ3) is 2.48. The zero-order chi connectivity index (χ0) is 14.2. The molecule has 0 N–H and O–H groups in total. The quantitative estimate of drug-likeness (QED) is 0.848. The van der Waals surface area contributed by atoms with Gasteiger partial charge < -0.3 is 9.47 Å². The number of benzene rings is 1. The van der Waals surface area contributed by atoms with Gasteiger partial charge in [-0.3, -0.25) is 0 Å². The second-order valence-electron chi connectivity index (χ2n) is 4.67. The van der Waals surface area contributed by atoms with Crippen molar-refractivity contribution in [1.29, 1.82) is 0 Å². The molecule has 19 heavy (non-hydrogen) atoms. The Morgan fingerprint density at radius 1 is 1.32 bits per heavy atom. The van der Waals surface area contributed by atoms with Crippen molar-refractivity contribution in [3.05, 3.63) is 23.3 Å². The number of methoxy groups -OCH3 is 1. The van der Waals surface area contributed by atoms with E-state index in [0.717, 1.165) is 5.56 Å². The van der Waals surface area contributed by atoms with E-state index < -0.39 is 16.3 Å². The summed E-state index contributed by atoms with van der Waals surface area (Å²) in [5.74, 6) is 0.696. The van der Waals surface area contributed by atoms with Crippen LogP contribution in [0.3, 0.4) is 0 Å². The van der Waals surface area contributed by atoms with E-state index in [4.69, 9.17) is 9.47 Å². The van der Waals surface area contributed by atoms with Crippen molar-refractivity contribution in [2.24, 2.45) is 0 Å². The maximum Gasteiger partial charge on any atom is 0.245 e. The molecule has 0 bridgehead atoms. The van der Waals surface area contributed by atoms with Crippen molar-refractivity contribution in [2.45, 2.75) is 31.9 Å². The van der Waals surface area contributed by atoms with E-state index in [1.165, 1.54) is 4.31 Å². The zero-order valence-electron chi connectivity index (χ0n) is 11.6. The van der Waals surface area contributed by atoms with E-state index in [0.29, 0.717) is 29.4 Å². The van der Waals surface area contributed by atoms with Crippen LogP contribution in [0.1, 0.15) is 18.1 Å². The van der Waals surface area contributed by atoms with Crippen molar-refractivity contribution >= 4 is 10.0 Å². The lowest BCUT2D eigenvalue weighted by Gasteiger charge is -2.21. The Bertz CT molecular complexity index is 583. The summed E-state index contributed by atoms with van der Waals surface area (Å²) < 4.78 is 37.2. The van der Waals surface area contributed by atoms with Gasteiger partial charge in [0.15, 0.2) is 0 Å². The van der Waals surface area contributed by atoms with Gasteiger partial charge in [0, 0.05) is 6.54 Å². The largest absolute Gasteiger partial charge is 0.496 e. The summed E-state index contributed by atoms with van der Waals surface area (Å²) in [6.45, 7) is 6.19. The number of rotatable bonds is 3. The average Bonchev–Trinajstić information content (AvgIpc) is 2.78. The minimum Gasteiger partial charge on any atom is -0.496 e. The van der Waals surface area contributed by atoms with Gasteiger partial charge in [0.05, 0.1) is 18.6 Å². The molecule has 0 aromatic heterocycles. The van der Waals surface area contributed by atoms with Crippen molar-refractivity contribution < 1.29 is 17.9 Å². The molecule has 0 aliphatic carbocycles. The van der Waals surface area contributed by atoms with Gasteiger partial charge in [-0.2, -0.15) is 4.31 Å². The Morgan fingerprint density at radius 2 is 2.00 bits per heavy atom. The fourth-order valence-corrected chi connectivity index (χ4v) is 4.09. The van der Waals surface area contributed by atoms with E-state index >= 15 is 0 Å². The molecule has 1 atom stereocenters. The number of hydrogen-bond acceptors (Lipinski definition) is 4. The molecule has 0 amide bonds. The first-order chi connectivity index (χ1) is 8.87. The molecule has 6 heteroatoms. The molecule has 1 aromatic rings. The SMILES string of the molecule is COc1cc(C)c(S(=O)(=O)N2CCOC2C)cc1C. The number of nitrogens with zero attached hydrogens (tertiary/aromatic N) is 1. The van der Waals surface area contributed by atoms with E-state index in [2.05, 4.69) is 0 Å². The summed E-state index contributed by atoms with van der Waals surface area (Å²) in [6, 6.07) is 3.42. The summed E-state index contributed by atoms with van der Waals surface area (Å²) in [5.41, 5.74) is 1.49. The van der Waals surface area contributed by atoms with Crippen molar-refractivity contribution in [1.82, 2.24) is 4.31 Å². The Balaban J connectivity index is 2.49. The number of sulfonamides is 1. The minimum absolute atomic E-state index is 0.322. The zero-order valence-corrected chi connectivity index (χ0v) is 12.5. The second-order valence-corrected chi connectivity index (χ2v) is 6.53. The lowest BCUT2D eigenvalue weighted by Crippen LogP contribution is -2.34. The molecule has 1 aromatic carbocycles. The van der Waals surface area contributed by atoms with Crippen LogP contribution < -0.4 is 4.74 Å². The van der Waals surface area contributed by atoms with Gasteiger partial charge >= 0.3 is 0 Å². The topological polar surface area (TPSA) is 55.8 Å². The van der Waals surface area contributed by atoms with Gasteiger partial charge in [0.2, 0.25) is 10.0 Å². The molecule has 5 nitrogen and oxygen atoms in total. The molecule has 1 unspecified atom stereocenters. The second kappa shape index (κ2) is 5.11.